The highest BCUT2D eigenvalue weighted by Crippen LogP contribution is 2.34. The summed E-state index contributed by atoms with van der Waals surface area (Å²) in [5.74, 6) is 0.314. The van der Waals surface area contributed by atoms with E-state index in [1.807, 2.05) is 17.0 Å². The number of allylic oxidation sites excluding steroid dienone is 5. The number of fused-ring (bicyclic) bond motifs is 1. The van der Waals surface area contributed by atoms with Crippen molar-refractivity contribution in [1.82, 2.24) is 4.90 Å². The zero-order chi connectivity index (χ0) is 25.5. The number of benzene rings is 1. The van der Waals surface area contributed by atoms with Gasteiger partial charge in [-0.25, -0.2) is 4.39 Å². The molecule has 3 unspecified atom stereocenters. The first-order valence-corrected chi connectivity index (χ1v) is 12.1. The molecule has 3 aliphatic rings. The highest BCUT2D eigenvalue weighted by atomic mass is 19.1. The minimum atomic E-state index is -0.814. The molecule has 0 spiro atoms. The zero-order valence-electron chi connectivity index (χ0n) is 20.0. The monoisotopic (exact) mass is 491 g/mol. The first kappa shape index (κ1) is 25.2. The Morgan fingerprint density at radius 3 is 2.94 bits per heavy atom. The van der Waals surface area contributed by atoms with Gasteiger partial charge in [0.05, 0.1) is 18.1 Å². The second-order valence-corrected chi connectivity index (χ2v) is 8.94. The number of carbonyl (C=O) groups is 1. The molecule has 1 aromatic carbocycles. The highest BCUT2D eigenvalue weighted by molar-refractivity contribution is 6.03. The van der Waals surface area contributed by atoms with Crippen molar-refractivity contribution in [3.05, 3.63) is 90.5 Å². The average molecular weight is 492 g/mol. The molecule has 0 amide bonds. The molecule has 2 heterocycles. The summed E-state index contributed by atoms with van der Waals surface area (Å²) < 4.78 is 12.7. The summed E-state index contributed by atoms with van der Waals surface area (Å²) in [5, 5.41) is 23.0. The molecule has 0 fully saturated rings. The highest BCUT2D eigenvalue weighted by Gasteiger charge is 2.33. The van der Waals surface area contributed by atoms with Gasteiger partial charge in [-0.1, -0.05) is 42.1 Å². The van der Waals surface area contributed by atoms with Crippen LogP contribution < -0.4 is 0 Å². The number of amidine groups is 1. The smallest absolute Gasteiger partial charge is 0.303 e. The van der Waals surface area contributed by atoms with Crippen molar-refractivity contribution in [2.24, 2.45) is 16.1 Å². The predicted molar refractivity (Wildman–Crippen MR) is 137 cm³/mol. The first-order valence-electron chi connectivity index (χ1n) is 12.1. The molecule has 188 valence electrons. The quantitative estimate of drug-likeness (QED) is 0.328. The van der Waals surface area contributed by atoms with E-state index >= 15 is 0 Å². The minimum absolute atomic E-state index is 0.0963. The number of halogens is 1. The van der Waals surface area contributed by atoms with E-state index in [-0.39, 0.29) is 30.2 Å². The predicted octanol–water partition coefficient (Wildman–Crippen LogP) is 5.60. The van der Waals surface area contributed by atoms with Crippen LogP contribution in [0.5, 0.6) is 5.75 Å². The van der Waals surface area contributed by atoms with Crippen LogP contribution in [0.4, 0.5) is 4.39 Å². The second-order valence-electron chi connectivity index (χ2n) is 8.94. The molecule has 0 saturated heterocycles. The Labute approximate surface area is 210 Å². The molecule has 3 atom stereocenters. The summed E-state index contributed by atoms with van der Waals surface area (Å²) in [6.07, 6.45) is 13.7. The molecule has 0 saturated carbocycles. The Bertz CT molecular complexity index is 1180. The summed E-state index contributed by atoms with van der Waals surface area (Å²) in [6.45, 7) is 4.52. The molecular weight excluding hydrogens is 461 g/mol. The Morgan fingerprint density at radius 2 is 2.19 bits per heavy atom. The fraction of sp³-hybridized carbons (Fsp3) is 0.321. The van der Waals surface area contributed by atoms with E-state index in [4.69, 9.17) is 14.9 Å². The largest absolute Gasteiger partial charge is 0.508 e. The van der Waals surface area contributed by atoms with Crippen LogP contribution in [0.2, 0.25) is 0 Å². The molecule has 36 heavy (non-hydrogen) atoms. The second kappa shape index (κ2) is 11.7. The number of aromatic hydroxyl groups is 1. The van der Waals surface area contributed by atoms with Crippen LogP contribution in [0.15, 0.2) is 95.0 Å². The summed E-state index contributed by atoms with van der Waals surface area (Å²) in [7, 11) is 0. The maximum Gasteiger partial charge on any atom is 0.303 e. The lowest BCUT2D eigenvalue weighted by molar-refractivity contribution is -0.137. The van der Waals surface area contributed by atoms with Crippen LogP contribution in [-0.2, 0) is 9.63 Å². The van der Waals surface area contributed by atoms with Gasteiger partial charge in [0.25, 0.3) is 0 Å². The Kier molecular flexibility index (Phi) is 8.15. The summed E-state index contributed by atoms with van der Waals surface area (Å²) in [4.78, 5) is 23.6. The third kappa shape index (κ3) is 6.00. The van der Waals surface area contributed by atoms with Gasteiger partial charge in [0.1, 0.15) is 11.6 Å². The number of unbranched alkanes of at least 4 members (excludes halogenated alkanes) is 1. The number of phenolic OH excluding ortho intramolecular Hbond substituents is 1. The topological polar surface area (TPSA) is 94.7 Å². The Morgan fingerprint density at radius 1 is 1.33 bits per heavy atom. The van der Waals surface area contributed by atoms with E-state index in [1.165, 1.54) is 6.08 Å². The van der Waals surface area contributed by atoms with Gasteiger partial charge in [0, 0.05) is 37.4 Å². The SMILES string of the molecule is C=C/C(=C\C=C\F)N1CC2C=CC(C3=NOC(c4cccc(O)c4)C3)=CC2N=C1CCCCC(=O)O. The maximum absolute atomic E-state index is 12.7. The van der Waals surface area contributed by atoms with Crippen LogP contribution in [0, 0.1) is 5.92 Å². The number of hydrogen-bond donors (Lipinski definition) is 2. The van der Waals surface area contributed by atoms with Gasteiger partial charge in [0.2, 0.25) is 0 Å². The third-order valence-electron chi connectivity index (χ3n) is 6.46. The molecule has 2 aliphatic heterocycles. The van der Waals surface area contributed by atoms with Gasteiger partial charge < -0.3 is 20.0 Å². The summed E-state index contributed by atoms with van der Waals surface area (Å²) >= 11 is 0. The number of carboxylic acid groups (broad SMARTS) is 1. The molecule has 0 bridgehead atoms. The third-order valence-corrected chi connectivity index (χ3v) is 6.46. The fourth-order valence-electron chi connectivity index (χ4n) is 4.62. The van der Waals surface area contributed by atoms with Gasteiger partial charge in [-0.3, -0.25) is 9.79 Å². The van der Waals surface area contributed by atoms with Gasteiger partial charge in [-0.2, -0.15) is 0 Å². The van der Waals surface area contributed by atoms with Crippen molar-refractivity contribution in [2.75, 3.05) is 6.54 Å². The number of aliphatic imine (C=N–C) groups is 1. The Balaban J connectivity index is 1.53. The van der Waals surface area contributed by atoms with Crippen LogP contribution in [0.25, 0.3) is 0 Å². The summed E-state index contributed by atoms with van der Waals surface area (Å²) in [5.41, 5.74) is 3.40. The van der Waals surface area contributed by atoms with Gasteiger partial charge >= 0.3 is 5.97 Å². The van der Waals surface area contributed by atoms with E-state index in [9.17, 15) is 14.3 Å². The van der Waals surface area contributed by atoms with Crippen molar-refractivity contribution in [1.29, 1.82) is 0 Å². The number of oxime groups is 1. The number of rotatable bonds is 10. The van der Waals surface area contributed by atoms with Crippen LogP contribution >= 0.6 is 0 Å². The molecule has 7 nitrogen and oxygen atoms in total. The van der Waals surface area contributed by atoms with Crippen molar-refractivity contribution >= 4 is 17.5 Å². The standard InChI is InChI=1S/C28H30FN3O4/c1-2-22(8-6-14-29)32-18-21-13-12-19(16-24(21)30-27(32)10-3-4-11-28(34)35)25-17-26(36-31-25)20-7-5-9-23(33)15-20/h2,5-9,12-16,21,24,26,33H,1,3-4,10-11,17-18H2,(H,34,35)/b14-6+,22-8+. The number of carboxylic acids is 1. The molecular formula is C28H30FN3O4. The molecule has 2 N–H and O–H groups in total. The number of aliphatic carboxylic acids is 1. The summed E-state index contributed by atoms with van der Waals surface area (Å²) in [6, 6.07) is 6.90. The van der Waals surface area contributed by atoms with E-state index in [2.05, 4.69) is 23.9 Å². The Hall–Kier alpha value is -3.94. The van der Waals surface area contributed by atoms with E-state index in [0.29, 0.717) is 38.6 Å². The zero-order valence-corrected chi connectivity index (χ0v) is 20.0. The van der Waals surface area contributed by atoms with Gasteiger partial charge in [-0.05, 0) is 54.3 Å². The lowest BCUT2D eigenvalue weighted by Gasteiger charge is -2.38. The van der Waals surface area contributed by atoms with Gasteiger partial charge in [0.15, 0.2) is 6.10 Å². The van der Waals surface area contributed by atoms with Crippen molar-refractivity contribution in [3.8, 4) is 5.75 Å². The molecule has 8 heteroatoms. The average Bonchev–Trinajstić information content (AvgIpc) is 3.37. The molecule has 1 aliphatic carbocycles. The lowest BCUT2D eigenvalue weighted by atomic mass is 9.87. The van der Waals surface area contributed by atoms with Crippen LogP contribution in [0.1, 0.15) is 43.8 Å². The lowest BCUT2D eigenvalue weighted by Crippen LogP contribution is -2.43. The van der Waals surface area contributed by atoms with Crippen molar-refractivity contribution in [3.63, 3.8) is 0 Å². The number of nitrogens with zero attached hydrogens (tertiary/aromatic N) is 3. The van der Waals surface area contributed by atoms with Crippen LogP contribution in [-0.4, -0.2) is 45.2 Å². The minimum Gasteiger partial charge on any atom is -0.508 e. The first-order chi connectivity index (χ1) is 17.5. The molecule has 0 aromatic heterocycles. The molecule has 1 aromatic rings. The maximum atomic E-state index is 12.7. The molecule has 0 radical (unpaired) electrons. The van der Waals surface area contributed by atoms with E-state index < -0.39 is 5.97 Å². The van der Waals surface area contributed by atoms with Crippen molar-refractivity contribution in [2.45, 2.75) is 44.2 Å². The normalized spacial score (nSPS) is 23.6. The van der Waals surface area contributed by atoms with Crippen LogP contribution in [0.3, 0.4) is 0 Å². The number of hydrogen-bond acceptors (Lipinski definition) is 6. The van der Waals surface area contributed by atoms with Crippen molar-refractivity contribution < 1.29 is 24.2 Å². The van der Waals surface area contributed by atoms with E-state index in [0.717, 1.165) is 28.4 Å². The van der Waals surface area contributed by atoms with Gasteiger partial charge in [-0.15, -0.1) is 0 Å². The number of phenols is 1. The van der Waals surface area contributed by atoms with E-state index in [1.54, 1.807) is 30.4 Å². The fourth-order valence-corrected chi connectivity index (χ4v) is 4.62. The molecule has 4 rings (SSSR count).